The lowest BCUT2D eigenvalue weighted by Gasteiger charge is -2.21. The summed E-state index contributed by atoms with van der Waals surface area (Å²) >= 11 is 11.6. The molecule has 0 aliphatic rings. The fourth-order valence-corrected chi connectivity index (χ4v) is 1.62. The van der Waals surface area contributed by atoms with Gasteiger partial charge in [-0.15, -0.1) is 0 Å². The Morgan fingerprint density at radius 1 is 1.56 bits per heavy atom. The molecular formula is C9H13Cl2N3O2. The Kier molecular flexibility index (Phi) is 5.21. The molecule has 5 nitrogen and oxygen atoms in total. The number of hydrogen-bond acceptors (Lipinski definition) is 5. The monoisotopic (exact) mass is 265 g/mol. The van der Waals surface area contributed by atoms with E-state index in [9.17, 15) is 5.11 Å². The topological polar surface area (TPSA) is 58.5 Å². The molecular weight excluding hydrogens is 253 g/mol. The summed E-state index contributed by atoms with van der Waals surface area (Å²) < 4.78 is 4.83. The highest BCUT2D eigenvalue weighted by Gasteiger charge is 2.13. The van der Waals surface area contributed by atoms with Gasteiger partial charge in [-0.25, -0.2) is 4.98 Å². The van der Waals surface area contributed by atoms with Crippen LogP contribution in [0.15, 0.2) is 6.20 Å². The normalized spacial score (nSPS) is 12.6. The van der Waals surface area contributed by atoms with E-state index in [1.165, 1.54) is 13.3 Å². The van der Waals surface area contributed by atoms with Crippen LogP contribution in [0.2, 0.25) is 10.3 Å². The van der Waals surface area contributed by atoms with E-state index < -0.39 is 6.10 Å². The number of anilines is 1. The predicted molar refractivity (Wildman–Crippen MR) is 63.2 cm³/mol. The summed E-state index contributed by atoms with van der Waals surface area (Å²) in [4.78, 5) is 9.42. The molecule has 1 aromatic heterocycles. The molecule has 1 aromatic rings. The van der Waals surface area contributed by atoms with Crippen molar-refractivity contribution >= 4 is 29.0 Å². The average molecular weight is 266 g/mol. The lowest BCUT2D eigenvalue weighted by atomic mass is 10.3. The SMILES string of the molecule is COCC(O)CN(C)c1nc(Cl)ncc1Cl. The van der Waals surface area contributed by atoms with Gasteiger partial charge in [0, 0.05) is 20.7 Å². The largest absolute Gasteiger partial charge is 0.389 e. The Morgan fingerprint density at radius 3 is 2.88 bits per heavy atom. The number of rotatable bonds is 5. The molecule has 1 heterocycles. The van der Waals surface area contributed by atoms with Gasteiger partial charge < -0.3 is 14.7 Å². The van der Waals surface area contributed by atoms with E-state index in [1.54, 1.807) is 11.9 Å². The molecule has 0 aromatic carbocycles. The smallest absolute Gasteiger partial charge is 0.224 e. The third-order valence-electron chi connectivity index (χ3n) is 1.90. The fraction of sp³-hybridized carbons (Fsp3) is 0.556. The molecule has 1 N–H and O–H groups in total. The molecule has 1 atom stereocenters. The highest BCUT2D eigenvalue weighted by Crippen LogP contribution is 2.22. The Balaban J connectivity index is 2.72. The van der Waals surface area contributed by atoms with E-state index in [0.29, 0.717) is 17.4 Å². The molecule has 1 unspecified atom stereocenters. The molecule has 0 saturated carbocycles. The number of ether oxygens (including phenoxy) is 1. The molecule has 0 saturated heterocycles. The van der Waals surface area contributed by atoms with E-state index in [-0.39, 0.29) is 11.9 Å². The van der Waals surface area contributed by atoms with Gasteiger partial charge in [0.25, 0.3) is 0 Å². The van der Waals surface area contributed by atoms with E-state index in [1.807, 2.05) is 0 Å². The van der Waals surface area contributed by atoms with Crippen LogP contribution in [-0.2, 0) is 4.74 Å². The minimum Gasteiger partial charge on any atom is -0.389 e. The first-order valence-corrected chi connectivity index (χ1v) is 5.36. The zero-order valence-electron chi connectivity index (χ0n) is 9.02. The lowest BCUT2D eigenvalue weighted by Crippen LogP contribution is -2.32. The second-order valence-electron chi connectivity index (χ2n) is 3.30. The Hall–Kier alpha value is -0.620. The zero-order valence-corrected chi connectivity index (χ0v) is 10.5. The summed E-state index contributed by atoms with van der Waals surface area (Å²) in [6.07, 6.45) is 0.811. The van der Waals surface area contributed by atoms with Crippen molar-refractivity contribution in [3.8, 4) is 0 Å². The van der Waals surface area contributed by atoms with Crippen molar-refractivity contribution in [1.82, 2.24) is 9.97 Å². The van der Waals surface area contributed by atoms with Crippen LogP contribution in [0.25, 0.3) is 0 Å². The van der Waals surface area contributed by atoms with Crippen molar-refractivity contribution in [2.24, 2.45) is 0 Å². The van der Waals surface area contributed by atoms with Crippen LogP contribution in [-0.4, -0.2) is 48.5 Å². The minimum absolute atomic E-state index is 0.118. The standard InChI is InChI=1S/C9H13Cl2N3O2/c1-14(4-6(15)5-16-2)8-7(10)3-12-9(11)13-8/h3,6,15H,4-5H2,1-2H3. The van der Waals surface area contributed by atoms with Gasteiger partial charge in [0.1, 0.15) is 5.02 Å². The lowest BCUT2D eigenvalue weighted by molar-refractivity contribution is 0.0694. The molecule has 16 heavy (non-hydrogen) atoms. The van der Waals surface area contributed by atoms with Gasteiger partial charge in [-0.2, -0.15) is 4.98 Å². The van der Waals surface area contributed by atoms with Crippen molar-refractivity contribution in [3.63, 3.8) is 0 Å². The molecule has 0 fully saturated rings. The summed E-state index contributed by atoms with van der Waals surface area (Å²) in [5, 5.41) is 10.1. The van der Waals surface area contributed by atoms with Crippen molar-refractivity contribution < 1.29 is 9.84 Å². The number of nitrogens with zero attached hydrogens (tertiary/aromatic N) is 3. The van der Waals surface area contributed by atoms with E-state index in [4.69, 9.17) is 27.9 Å². The third kappa shape index (κ3) is 3.75. The quantitative estimate of drug-likeness (QED) is 0.812. The van der Waals surface area contributed by atoms with Crippen LogP contribution >= 0.6 is 23.2 Å². The maximum atomic E-state index is 9.55. The van der Waals surface area contributed by atoms with Crippen LogP contribution < -0.4 is 4.90 Å². The molecule has 0 bridgehead atoms. The number of likely N-dealkylation sites (N-methyl/N-ethyl adjacent to an activating group) is 1. The van der Waals surface area contributed by atoms with Crippen LogP contribution in [0.3, 0.4) is 0 Å². The minimum atomic E-state index is -0.611. The number of hydrogen-bond donors (Lipinski definition) is 1. The Labute approximate surface area is 104 Å². The number of methoxy groups -OCH3 is 1. The number of aliphatic hydroxyl groups is 1. The Morgan fingerprint density at radius 2 is 2.25 bits per heavy atom. The van der Waals surface area contributed by atoms with Gasteiger partial charge >= 0.3 is 0 Å². The molecule has 1 rings (SSSR count). The molecule has 0 spiro atoms. The Bertz CT molecular complexity index is 352. The fourth-order valence-electron chi connectivity index (χ4n) is 1.25. The van der Waals surface area contributed by atoms with Gasteiger partial charge in [0.2, 0.25) is 5.28 Å². The van der Waals surface area contributed by atoms with Gasteiger partial charge in [-0.3, -0.25) is 0 Å². The van der Waals surface area contributed by atoms with Gasteiger partial charge in [-0.1, -0.05) is 11.6 Å². The average Bonchev–Trinajstić information content (AvgIpc) is 2.21. The third-order valence-corrected chi connectivity index (χ3v) is 2.35. The number of aromatic nitrogens is 2. The van der Waals surface area contributed by atoms with Gasteiger partial charge in [-0.05, 0) is 11.6 Å². The summed E-state index contributed by atoms with van der Waals surface area (Å²) in [5.41, 5.74) is 0. The maximum Gasteiger partial charge on any atom is 0.224 e. The van der Waals surface area contributed by atoms with E-state index in [0.717, 1.165) is 0 Å². The van der Waals surface area contributed by atoms with Gasteiger partial charge in [0.15, 0.2) is 5.82 Å². The van der Waals surface area contributed by atoms with E-state index >= 15 is 0 Å². The van der Waals surface area contributed by atoms with Crippen LogP contribution in [0, 0.1) is 0 Å². The predicted octanol–water partition coefficient (Wildman–Crippen LogP) is 1.23. The zero-order chi connectivity index (χ0) is 12.1. The summed E-state index contributed by atoms with van der Waals surface area (Å²) in [6.45, 7) is 0.599. The van der Waals surface area contributed by atoms with Crippen LogP contribution in [0.4, 0.5) is 5.82 Å². The first kappa shape index (κ1) is 13.4. The molecule has 7 heteroatoms. The van der Waals surface area contributed by atoms with Crippen LogP contribution in [0.1, 0.15) is 0 Å². The van der Waals surface area contributed by atoms with Crippen molar-refractivity contribution in [3.05, 3.63) is 16.5 Å². The van der Waals surface area contributed by atoms with Crippen molar-refractivity contribution in [2.75, 3.05) is 32.2 Å². The highest BCUT2D eigenvalue weighted by molar-refractivity contribution is 6.33. The second kappa shape index (κ2) is 6.20. The van der Waals surface area contributed by atoms with Crippen molar-refractivity contribution in [2.45, 2.75) is 6.10 Å². The maximum absolute atomic E-state index is 9.55. The summed E-state index contributed by atoms with van der Waals surface area (Å²) in [5.74, 6) is 0.483. The molecule has 0 radical (unpaired) electrons. The van der Waals surface area contributed by atoms with Crippen molar-refractivity contribution in [1.29, 1.82) is 0 Å². The van der Waals surface area contributed by atoms with Gasteiger partial charge in [0.05, 0.1) is 18.9 Å². The number of aliphatic hydroxyl groups excluding tert-OH is 1. The first-order chi connectivity index (χ1) is 7.54. The van der Waals surface area contributed by atoms with Crippen LogP contribution in [0.5, 0.6) is 0 Å². The van der Waals surface area contributed by atoms with E-state index in [2.05, 4.69) is 9.97 Å². The second-order valence-corrected chi connectivity index (χ2v) is 4.05. The highest BCUT2D eigenvalue weighted by atomic mass is 35.5. The molecule has 0 amide bonds. The first-order valence-electron chi connectivity index (χ1n) is 4.60. The molecule has 0 aliphatic carbocycles. The molecule has 0 aliphatic heterocycles. The molecule has 90 valence electrons. The summed E-state index contributed by atoms with van der Waals surface area (Å²) in [7, 11) is 3.28. The summed E-state index contributed by atoms with van der Waals surface area (Å²) in [6, 6.07) is 0. The number of halogens is 2.